The lowest BCUT2D eigenvalue weighted by molar-refractivity contribution is -0.141. The van der Waals surface area contributed by atoms with Gasteiger partial charge in [-0.05, 0) is 6.07 Å². The Morgan fingerprint density at radius 1 is 1.50 bits per heavy atom. The van der Waals surface area contributed by atoms with E-state index in [1.807, 2.05) is 0 Å². The second-order valence-corrected chi connectivity index (χ2v) is 3.59. The van der Waals surface area contributed by atoms with Crippen molar-refractivity contribution in [3.8, 4) is 6.07 Å². The summed E-state index contributed by atoms with van der Waals surface area (Å²) in [6.45, 7) is 0. The number of rotatable bonds is 3. The van der Waals surface area contributed by atoms with Crippen LogP contribution in [0, 0.1) is 11.3 Å². The zero-order chi connectivity index (χ0) is 15.5. The number of carbonyl (C=O) groups excluding carboxylic acids is 1. The number of halogens is 5. The van der Waals surface area contributed by atoms with Crippen LogP contribution in [0.2, 0.25) is 0 Å². The van der Waals surface area contributed by atoms with E-state index < -0.39 is 47.5 Å². The summed E-state index contributed by atoms with van der Waals surface area (Å²) in [5.74, 6) is -1.04. The standard InChI is InChI=1S/C11H7F5N2O2/c1-20-9(19)2-5-6(11(14,15)16)3-7(10(12)13)18-8(5)4-17/h3,10H,2H2,1H3. The third kappa shape index (κ3) is 3.40. The van der Waals surface area contributed by atoms with Crippen LogP contribution in [0.25, 0.3) is 0 Å². The molecule has 0 amide bonds. The van der Waals surface area contributed by atoms with Gasteiger partial charge in [0.1, 0.15) is 17.5 Å². The number of ether oxygens (including phenoxy) is 1. The Kier molecular flexibility index (Phi) is 4.60. The van der Waals surface area contributed by atoms with E-state index in [1.54, 1.807) is 0 Å². The van der Waals surface area contributed by atoms with Crippen molar-refractivity contribution < 1.29 is 31.5 Å². The van der Waals surface area contributed by atoms with Crippen molar-refractivity contribution in [1.29, 1.82) is 5.26 Å². The van der Waals surface area contributed by atoms with Gasteiger partial charge in [-0.2, -0.15) is 18.4 Å². The van der Waals surface area contributed by atoms with Gasteiger partial charge >= 0.3 is 12.1 Å². The average Bonchev–Trinajstić information content (AvgIpc) is 2.36. The van der Waals surface area contributed by atoms with E-state index in [0.717, 1.165) is 7.11 Å². The summed E-state index contributed by atoms with van der Waals surface area (Å²) >= 11 is 0. The number of methoxy groups -OCH3 is 1. The van der Waals surface area contributed by atoms with Gasteiger partial charge in [-0.25, -0.2) is 13.8 Å². The molecular formula is C11H7F5N2O2. The van der Waals surface area contributed by atoms with Crippen LogP contribution in [0.5, 0.6) is 0 Å². The van der Waals surface area contributed by atoms with Gasteiger partial charge in [0.05, 0.1) is 19.1 Å². The average molecular weight is 294 g/mol. The van der Waals surface area contributed by atoms with Crippen molar-refractivity contribution in [3.05, 3.63) is 28.6 Å². The fourth-order valence-electron chi connectivity index (χ4n) is 1.44. The maximum absolute atomic E-state index is 12.8. The molecule has 0 aliphatic heterocycles. The summed E-state index contributed by atoms with van der Waals surface area (Å²) < 4.78 is 67.7. The summed E-state index contributed by atoms with van der Waals surface area (Å²) in [4.78, 5) is 14.2. The number of hydrogen-bond donors (Lipinski definition) is 0. The van der Waals surface area contributed by atoms with Crippen molar-refractivity contribution >= 4 is 5.97 Å². The van der Waals surface area contributed by atoms with E-state index in [-0.39, 0.29) is 6.07 Å². The maximum atomic E-state index is 12.8. The molecule has 9 heteroatoms. The largest absolute Gasteiger partial charge is 0.469 e. The maximum Gasteiger partial charge on any atom is 0.416 e. The highest BCUT2D eigenvalue weighted by Crippen LogP contribution is 2.35. The number of pyridine rings is 1. The van der Waals surface area contributed by atoms with Crippen LogP contribution in [0.15, 0.2) is 6.07 Å². The molecule has 0 aliphatic carbocycles. The van der Waals surface area contributed by atoms with Crippen molar-refractivity contribution in [2.24, 2.45) is 0 Å². The Hall–Kier alpha value is -2.24. The molecule has 0 aliphatic rings. The highest BCUT2D eigenvalue weighted by Gasteiger charge is 2.37. The molecule has 1 aromatic heterocycles. The first kappa shape index (κ1) is 15.8. The van der Waals surface area contributed by atoms with E-state index in [0.29, 0.717) is 0 Å². The first-order valence-corrected chi connectivity index (χ1v) is 5.06. The van der Waals surface area contributed by atoms with Crippen LogP contribution in [0.3, 0.4) is 0 Å². The Balaban J connectivity index is 3.53. The number of hydrogen-bond acceptors (Lipinski definition) is 4. The van der Waals surface area contributed by atoms with Crippen LogP contribution < -0.4 is 0 Å². The first-order valence-electron chi connectivity index (χ1n) is 5.06. The van der Waals surface area contributed by atoms with Crippen molar-refractivity contribution in [2.75, 3.05) is 7.11 Å². The van der Waals surface area contributed by atoms with Gasteiger partial charge in [-0.1, -0.05) is 0 Å². The highest BCUT2D eigenvalue weighted by molar-refractivity contribution is 5.74. The Morgan fingerprint density at radius 2 is 2.10 bits per heavy atom. The molecule has 0 aromatic carbocycles. The molecule has 0 saturated heterocycles. The smallest absolute Gasteiger partial charge is 0.416 e. The Morgan fingerprint density at radius 3 is 2.50 bits per heavy atom. The van der Waals surface area contributed by atoms with Gasteiger partial charge in [0.2, 0.25) is 0 Å². The van der Waals surface area contributed by atoms with Crippen molar-refractivity contribution in [3.63, 3.8) is 0 Å². The monoisotopic (exact) mass is 294 g/mol. The lowest BCUT2D eigenvalue weighted by atomic mass is 10.0. The molecule has 0 fully saturated rings. The van der Waals surface area contributed by atoms with Crippen molar-refractivity contribution in [2.45, 2.75) is 19.0 Å². The van der Waals surface area contributed by atoms with Gasteiger partial charge in [-0.15, -0.1) is 0 Å². The molecule has 20 heavy (non-hydrogen) atoms. The second-order valence-electron chi connectivity index (χ2n) is 3.59. The van der Waals surface area contributed by atoms with Crippen LogP contribution in [0.1, 0.15) is 28.9 Å². The SMILES string of the molecule is COC(=O)Cc1c(C(F)(F)F)cc(C(F)F)nc1C#N. The molecule has 0 radical (unpaired) electrons. The fraction of sp³-hybridized carbons (Fsp3) is 0.364. The fourth-order valence-corrected chi connectivity index (χ4v) is 1.44. The van der Waals surface area contributed by atoms with Crippen LogP contribution in [-0.2, 0) is 22.1 Å². The van der Waals surface area contributed by atoms with E-state index >= 15 is 0 Å². The zero-order valence-corrected chi connectivity index (χ0v) is 9.96. The van der Waals surface area contributed by atoms with Crippen LogP contribution >= 0.6 is 0 Å². The molecule has 0 saturated carbocycles. The van der Waals surface area contributed by atoms with Gasteiger partial charge in [0.15, 0.2) is 0 Å². The van der Waals surface area contributed by atoms with Gasteiger partial charge in [0.25, 0.3) is 6.43 Å². The molecule has 0 N–H and O–H groups in total. The van der Waals surface area contributed by atoms with E-state index in [9.17, 15) is 26.7 Å². The normalized spacial score (nSPS) is 11.3. The topological polar surface area (TPSA) is 63.0 Å². The number of carbonyl (C=O) groups is 1. The van der Waals surface area contributed by atoms with Gasteiger partial charge < -0.3 is 4.74 Å². The summed E-state index contributed by atoms with van der Waals surface area (Å²) in [6.07, 6.45) is -9.15. The molecule has 1 aromatic rings. The predicted molar refractivity (Wildman–Crippen MR) is 54.6 cm³/mol. The number of aromatic nitrogens is 1. The molecule has 4 nitrogen and oxygen atoms in total. The third-order valence-electron chi connectivity index (χ3n) is 2.33. The molecular weight excluding hydrogens is 287 g/mol. The number of alkyl halides is 5. The van der Waals surface area contributed by atoms with Gasteiger partial charge in [0, 0.05) is 5.56 Å². The molecule has 0 bridgehead atoms. The summed E-state index contributed by atoms with van der Waals surface area (Å²) in [6, 6.07) is 1.41. The molecule has 1 rings (SSSR count). The van der Waals surface area contributed by atoms with E-state index in [1.165, 1.54) is 6.07 Å². The first-order chi connectivity index (χ1) is 9.20. The predicted octanol–water partition coefficient (Wildman–Crippen LogP) is 2.63. The minimum Gasteiger partial charge on any atom is -0.469 e. The number of nitrogens with zero attached hydrogens (tertiary/aromatic N) is 2. The summed E-state index contributed by atoms with van der Waals surface area (Å²) in [7, 11) is 0.947. The molecule has 108 valence electrons. The zero-order valence-electron chi connectivity index (χ0n) is 9.96. The minimum absolute atomic E-state index is 0.129. The summed E-state index contributed by atoms with van der Waals surface area (Å²) in [5, 5.41) is 8.72. The summed E-state index contributed by atoms with van der Waals surface area (Å²) in [5.41, 5.74) is -4.33. The van der Waals surface area contributed by atoms with Crippen LogP contribution in [0.4, 0.5) is 22.0 Å². The van der Waals surface area contributed by atoms with Crippen LogP contribution in [-0.4, -0.2) is 18.1 Å². The number of esters is 1. The number of nitriles is 1. The molecule has 1 heterocycles. The Labute approximate surface area is 109 Å². The minimum atomic E-state index is -5.00. The molecule has 0 unspecified atom stereocenters. The highest BCUT2D eigenvalue weighted by atomic mass is 19.4. The molecule has 0 atom stereocenters. The van der Waals surface area contributed by atoms with E-state index in [4.69, 9.17) is 5.26 Å². The lowest BCUT2D eigenvalue weighted by Crippen LogP contribution is -2.17. The molecule has 0 spiro atoms. The van der Waals surface area contributed by atoms with E-state index in [2.05, 4.69) is 9.72 Å². The second kappa shape index (κ2) is 5.81. The quantitative estimate of drug-likeness (QED) is 0.635. The Bertz CT molecular complexity index is 563. The lowest BCUT2D eigenvalue weighted by Gasteiger charge is -2.14. The van der Waals surface area contributed by atoms with Gasteiger partial charge in [-0.3, -0.25) is 4.79 Å². The third-order valence-corrected chi connectivity index (χ3v) is 2.33. The van der Waals surface area contributed by atoms with Crippen molar-refractivity contribution in [1.82, 2.24) is 4.98 Å².